The van der Waals surface area contributed by atoms with Gasteiger partial charge in [-0.2, -0.15) is 0 Å². The topological polar surface area (TPSA) is 126 Å². The van der Waals surface area contributed by atoms with Gasteiger partial charge in [0, 0.05) is 49.0 Å². The molecular formula is C32H29F2N5O5. The molecule has 12 heteroatoms. The van der Waals surface area contributed by atoms with Crippen LogP contribution in [0.4, 0.5) is 25.1 Å². The number of amides is 3. The molecule has 1 aliphatic heterocycles. The van der Waals surface area contributed by atoms with Crippen molar-refractivity contribution < 1.29 is 28.2 Å². The van der Waals surface area contributed by atoms with Gasteiger partial charge in [-0.25, -0.2) is 18.6 Å². The summed E-state index contributed by atoms with van der Waals surface area (Å²) in [6.45, 7) is 3.19. The van der Waals surface area contributed by atoms with Crippen molar-refractivity contribution in [2.24, 2.45) is 11.3 Å². The third-order valence-corrected chi connectivity index (χ3v) is 8.20. The van der Waals surface area contributed by atoms with Crippen LogP contribution in [0.3, 0.4) is 0 Å². The van der Waals surface area contributed by atoms with Crippen LogP contribution in [-0.4, -0.2) is 50.7 Å². The third kappa shape index (κ3) is 5.88. The maximum absolute atomic E-state index is 15.0. The minimum absolute atomic E-state index is 0.0933. The van der Waals surface area contributed by atoms with Crippen LogP contribution >= 0.6 is 0 Å². The third-order valence-electron chi connectivity index (χ3n) is 8.20. The molecule has 10 nitrogen and oxygen atoms in total. The summed E-state index contributed by atoms with van der Waals surface area (Å²) in [6, 6.07) is 14.5. The van der Waals surface area contributed by atoms with Gasteiger partial charge in [0.25, 0.3) is 11.5 Å². The van der Waals surface area contributed by atoms with Gasteiger partial charge in [0.2, 0.25) is 0 Å². The zero-order valence-corrected chi connectivity index (χ0v) is 23.7. The predicted octanol–water partition coefficient (Wildman–Crippen LogP) is 5.18. The molecule has 4 aromatic rings. The molecular weight excluding hydrogens is 572 g/mol. The van der Waals surface area contributed by atoms with E-state index in [1.807, 2.05) is 0 Å². The van der Waals surface area contributed by atoms with Crippen molar-refractivity contribution in [3.05, 3.63) is 107 Å². The van der Waals surface area contributed by atoms with E-state index in [0.29, 0.717) is 31.6 Å². The zero-order valence-electron chi connectivity index (χ0n) is 23.7. The predicted molar refractivity (Wildman–Crippen MR) is 158 cm³/mol. The van der Waals surface area contributed by atoms with Gasteiger partial charge in [0.1, 0.15) is 22.9 Å². The Kier molecular flexibility index (Phi) is 7.60. The van der Waals surface area contributed by atoms with Gasteiger partial charge in [0.05, 0.1) is 6.10 Å². The lowest BCUT2D eigenvalue weighted by atomic mass is 9.83. The second kappa shape index (κ2) is 11.5. The van der Waals surface area contributed by atoms with Crippen molar-refractivity contribution in [2.75, 3.05) is 23.7 Å². The maximum Gasteiger partial charge on any atom is 0.323 e. The van der Waals surface area contributed by atoms with Gasteiger partial charge in [-0.3, -0.25) is 19.5 Å². The molecule has 2 aromatic carbocycles. The highest BCUT2D eigenvalue weighted by Gasteiger charge is 2.50. The van der Waals surface area contributed by atoms with Crippen molar-refractivity contribution in [3.8, 4) is 17.2 Å². The van der Waals surface area contributed by atoms with Crippen LogP contribution in [0.15, 0.2) is 83.9 Å². The molecule has 3 atom stereocenters. The lowest BCUT2D eigenvalue weighted by Gasteiger charge is -2.23. The normalized spacial score (nSPS) is 20.7. The highest BCUT2D eigenvalue weighted by Crippen LogP contribution is 2.48. The Morgan fingerprint density at radius 3 is 2.61 bits per heavy atom. The number of hydrogen-bond acceptors (Lipinski definition) is 6. The number of nitrogens with one attached hydrogen (secondary N) is 2. The summed E-state index contributed by atoms with van der Waals surface area (Å²) in [6.07, 6.45) is 3.90. The number of pyridine rings is 2. The number of ether oxygens (including phenoxy) is 1. The standard InChI is InChI=1S/C32H29F2N5O5/c1-32-16-23(40)13-19(32)17-38(18-32)31(43)37-28-15-24(10-11-35-28)44-27-9-6-21(14-26(27)34)36-29(41)25-3-2-12-39(30(25)42)22-7-4-20(33)5-8-22/h2-12,14-15,19,23,40H,13,16-18H2,1H3,(H,36,41)(H,35,37,43). The number of urea groups is 1. The Balaban J connectivity index is 1.10. The van der Waals surface area contributed by atoms with E-state index in [0.717, 1.165) is 6.07 Å². The second-order valence-electron chi connectivity index (χ2n) is 11.4. The smallest absolute Gasteiger partial charge is 0.323 e. The average Bonchev–Trinajstić information content (AvgIpc) is 3.45. The molecule has 1 saturated heterocycles. The number of fused-ring (bicyclic) bond motifs is 1. The number of halogens is 2. The van der Waals surface area contributed by atoms with E-state index in [-0.39, 0.29) is 52.0 Å². The molecule has 2 fully saturated rings. The van der Waals surface area contributed by atoms with Crippen LogP contribution in [-0.2, 0) is 0 Å². The molecule has 226 valence electrons. The van der Waals surface area contributed by atoms with E-state index in [2.05, 4.69) is 22.5 Å². The fourth-order valence-corrected chi connectivity index (χ4v) is 6.00. The number of aliphatic hydroxyl groups excluding tert-OH is 1. The van der Waals surface area contributed by atoms with Gasteiger partial charge < -0.3 is 20.1 Å². The number of aromatic nitrogens is 2. The molecule has 6 rings (SSSR count). The van der Waals surface area contributed by atoms with Crippen LogP contribution in [0.25, 0.3) is 5.69 Å². The Morgan fingerprint density at radius 1 is 1.07 bits per heavy atom. The van der Waals surface area contributed by atoms with Crippen molar-refractivity contribution in [2.45, 2.75) is 25.9 Å². The highest BCUT2D eigenvalue weighted by atomic mass is 19.1. The zero-order chi connectivity index (χ0) is 31.0. The van der Waals surface area contributed by atoms with Crippen molar-refractivity contribution >= 4 is 23.4 Å². The molecule has 2 aliphatic rings. The fraction of sp³-hybridized carbons (Fsp3) is 0.250. The first-order valence-corrected chi connectivity index (χ1v) is 14.0. The van der Waals surface area contributed by atoms with Gasteiger partial charge in [-0.1, -0.05) is 6.92 Å². The summed E-state index contributed by atoms with van der Waals surface area (Å²) in [5, 5.41) is 15.3. The fourth-order valence-electron chi connectivity index (χ4n) is 6.00. The number of likely N-dealkylation sites (tertiary alicyclic amines) is 1. The number of anilines is 2. The van der Waals surface area contributed by atoms with E-state index in [9.17, 15) is 28.3 Å². The van der Waals surface area contributed by atoms with Crippen molar-refractivity contribution in [1.82, 2.24) is 14.5 Å². The summed E-state index contributed by atoms with van der Waals surface area (Å²) in [5.41, 5.74) is -0.449. The molecule has 3 unspecified atom stereocenters. The van der Waals surface area contributed by atoms with Gasteiger partial charge in [-0.15, -0.1) is 0 Å². The Bertz CT molecular complexity index is 1800. The van der Waals surface area contributed by atoms with Gasteiger partial charge in [0.15, 0.2) is 11.6 Å². The molecule has 1 saturated carbocycles. The molecule has 3 heterocycles. The minimum Gasteiger partial charge on any atom is -0.454 e. The van der Waals surface area contributed by atoms with E-state index in [1.54, 1.807) is 4.90 Å². The molecule has 1 aliphatic carbocycles. The largest absolute Gasteiger partial charge is 0.454 e. The summed E-state index contributed by atoms with van der Waals surface area (Å²) in [7, 11) is 0. The molecule has 0 bridgehead atoms. The van der Waals surface area contributed by atoms with Crippen LogP contribution < -0.4 is 20.9 Å². The SMILES string of the molecule is CC12CC(O)CC1CN(C(=O)Nc1cc(Oc3ccc(NC(=O)c4cccn(-c5ccc(F)cc5)c4=O)cc3F)ccn1)C2. The van der Waals surface area contributed by atoms with Crippen LogP contribution in [0.1, 0.15) is 30.1 Å². The summed E-state index contributed by atoms with van der Waals surface area (Å²) >= 11 is 0. The molecule has 44 heavy (non-hydrogen) atoms. The average molecular weight is 602 g/mol. The van der Waals surface area contributed by atoms with E-state index in [1.165, 1.54) is 77.6 Å². The number of nitrogens with zero attached hydrogens (tertiary/aromatic N) is 3. The Hall–Kier alpha value is -5.10. The highest BCUT2D eigenvalue weighted by molar-refractivity contribution is 6.04. The van der Waals surface area contributed by atoms with Crippen molar-refractivity contribution in [3.63, 3.8) is 0 Å². The first-order chi connectivity index (χ1) is 21.1. The quantitative estimate of drug-likeness (QED) is 0.280. The number of carbonyl (C=O) groups is 2. The Labute approximate surface area is 250 Å². The molecule has 2 aromatic heterocycles. The number of hydrogen-bond donors (Lipinski definition) is 3. The number of carbonyl (C=O) groups excluding carboxylic acids is 2. The molecule has 3 amide bonds. The lowest BCUT2D eigenvalue weighted by molar-refractivity contribution is 0.102. The summed E-state index contributed by atoms with van der Waals surface area (Å²) in [4.78, 5) is 44.6. The van der Waals surface area contributed by atoms with Crippen LogP contribution in [0, 0.1) is 23.0 Å². The monoisotopic (exact) mass is 601 g/mol. The summed E-state index contributed by atoms with van der Waals surface area (Å²) < 4.78 is 35.2. The van der Waals surface area contributed by atoms with E-state index in [4.69, 9.17) is 4.74 Å². The number of benzene rings is 2. The summed E-state index contributed by atoms with van der Waals surface area (Å²) in [5.74, 6) is -1.42. The van der Waals surface area contributed by atoms with Gasteiger partial charge in [-0.05, 0) is 78.8 Å². The van der Waals surface area contributed by atoms with E-state index >= 15 is 0 Å². The van der Waals surface area contributed by atoms with Crippen LogP contribution in [0.5, 0.6) is 11.5 Å². The maximum atomic E-state index is 15.0. The first kappa shape index (κ1) is 29.0. The van der Waals surface area contributed by atoms with Gasteiger partial charge >= 0.3 is 6.03 Å². The molecule has 0 radical (unpaired) electrons. The number of rotatable bonds is 6. The van der Waals surface area contributed by atoms with E-state index < -0.39 is 23.1 Å². The molecule has 0 spiro atoms. The second-order valence-corrected chi connectivity index (χ2v) is 11.4. The lowest BCUT2D eigenvalue weighted by Crippen LogP contribution is -2.35. The minimum atomic E-state index is -0.777. The molecule has 3 N–H and O–H groups in total. The van der Waals surface area contributed by atoms with Crippen molar-refractivity contribution in [1.29, 1.82) is 0 Å². The Morgan fingerprint density at radius 2 is 1.86 bits per heavy atom. The number of aliphatic hydroxyl groups is 1. The first-order valence-electron chi connectivity index (χ1n) is 14.0. The van der Waals surface area contributed by atoms with Crippen LogP contribution in [0.2, 0.25) is 0 Å².